The molecule has 0 bridgehead atoms. The Morgan fingerprint density at radius 3 is 2.17 bits per heavy atom. The molecule has 1 aromatic heterocycles. The second-order valence-electron chi connectivity index (χ2n) is 5.61. The molecule has 0 aliphatic rings. The number of guanidine groups is 1. The molecule has 0 fully saturated rings. The van der Waals surface area contributed by atoms with Crippen LogP contribution in [0.25, 0.3) is 0 Å². The number of hydrogen-bond donors (Lipinski definition) is 4. The first-order chi connectivity index (χ1) is 13.7. The standard InChI is InChI=1S/C16H16N6O4S3/c17-11-1-5-13(6-2-11)28(23,24)21-15(18)20-12-3-7-14(8-4-12)29(25,26)22-16-19-9-10-27-16/h1-10H,17H2,(H,19,22)(H3,18,20,21). The fourth-order valence-corrected chi connectivity index (χ4v) is 4.84. The van der Waals surface area contributed by atoms with E-state index in [1.165, 1.54) is 54.7 Å². The molecule has 10 nitrogen and oxygen atoms in total. The van der Waals surface area contributed by atoms with Gasteiger partial charge in [-0.15, -0.1) is 15.7 Å². The Balaban J connectivity index is 1.73. The smallest absolute Gasteiger partial charge is 0.285 e. The predicted molar refractivity (Wildman–Crippen MR) is 113 cm³/mol. The Bertz CT molecular complexity index is 1220. The topological polar surface area (TPSA) is 170 Å². The number of hydrogen-bond acceptors (Lipinski definition) is 7. The van der Waals surface area contributed by atoms with Crippen molar-refractivity contribution in [3.63, 3.8) is 0 Å². The number of nitrogens with zero attached hydrogens (tertiary/aromatic N) is 2. The lowest BCUT2D eigenvalue weighted by molar-refractivity contribution is 0.597. The molecule has 0 saturated heterocycles. The van der Waals surface area contributed by atoms with Gasteiger partial charge in [-0.05, 0) is 48.5 Å². The highest BCUT2D eigenvalue weighted by atomic mass is 32.2. The van der Waals surface area contributed by atoms with Crippen molar-refractivity contribution >= 4 is 53.8 Å². The third-order valence-electron chi connectivity index (χ3n) is 3.49. The van der Waals surface area contributed by atoms with Gasteiger partial charge in [0.25, 0.3) is 20.0 Å². The number of aromatic nitrogens is 1. The fraction of sp³-hybridized carbons (Fsp3) is 0. The van der Waals surface area contributed by atoms with E-state index in [-0.39, 0.29) is 20.9 Å². The maximum atomic E-state index is 12.3. The molecular weight excluding hydrogens is 436 g/mol. The lowest BCUT2D eigenvalue weighted by atomic mass is 10.3. The summed E-state index contributed by atoms with van der Waals surface area (Å²) in [6.07, 6.45) is 1.48. The normalized spacial score (nSPS) is 12.5. The highest BCUT2D eigenvalue weighted by Gasteiger charge is 2.16. The molecule has 0 amide bonds. The Morgan fingerprint density at radius 2 is 1.59 bits per heavy atom. The highest BCUT2D eigenvalue weighted by molar-refractivity contribution is 7.93. The Kier molecular flexibility index (Phi) is 5.72. The van der Waals surface area contributed by atoms with Crippen LogP contribution in [-0.4, -0.2) is 27.8 Å². The maximum absolute atomic E-state index is 12.3. The van der Waals surface area contributed by atoms with Gasteiger partial charge in [0, 0.05) is 23.0 Å². The number of nitrogens with one attached hydrogen (secondary N) is 2. The number of nitrogen functional groups attached to an aromatic ring is 1. The summed E-state index contributed by atoms with van der Waals surface area (Å²) in [7, 11) is -7.82. The van der Waals surface area contributed by atoms with Crippen molar-refractivity contribution in [2.24, 2.45) is 10.1 Å². The van der Waals surface area contributed by atoms with Crippen LogP contribution in [0, 0.1) is 0 Å². The summed E-state index contributed by atoms with van der Waals surface area (Å²) >= 11 is 1.15. The van der Waals surface area contributed by atoms with E-state index >= 15 is 0 Å². The number of nitrogens with two attached hydrogens (primary N) is 2. The number of benzene rings is 2. The van der Waals surface area contributed by atoms with Crippen LogP contribution in [0.3, 0.4) is 0 Å². The van der Waals surface area contributed by atoms with Gasteiger partial charge in [0.2, 0.25) is 5.96 Å². The molecule has 6 N–H and O–H groups in total. The minimum atomic E-state index is -4.02. The molecule has 3 rings (SSSR count). The minimum absolute atomic E-state index is 0.00301. The summed E-state index contributed by atoms with van der Waals surface area (Å²) in [4.78, 5) is 3.81. The van der Waals surface area contributed by atoms with Crippen LogP contribution in [-0.2, 0) is 20.0 Å². The van der Waals surface area contributed by atoms with E-state index in [0.29, 0.717) is 11.4 Å². The van der Waals surface area contributed by atoms with Crippen molar-refractivity contribution in [2.75, 3.05) is 15.8 Å². The summed E-state index contributed by atoms with van der Waals surface area (Å²) in [6, 6.07) is 11.0. The van der Waals surface area contributed by atoms with Crippen LogP contribution >= 0.6 is 11.3 Å². The summed E-state index contributed by atoms with van der Waals surface area (Å²) < 4.78 is 54.9. The van der Waals surface area contributed by atoms with Gasteiger partial charge in [-0.3, -0.25) is 4.72 Å². The van der Waals surface area contributed by atoms with Crippen LogP contribution in [0.5, 0.6) is 0 Å². The van der Waals surface area contributed by atoms with Crippen molar-refractivity contribution in [3.05, 3.63) is 60.1 Å². The van der Waals surface area contributed by atoms with Gasteiger partial charge in [0.1, 0.15) is 0 Å². The van der Waals surface area contributed by atoms with Crippen LogP contribution in [0.2, 0.25) is 0 Å². The van der Waals surface area contributed by atoms with Gasteiger partial charge in [-0.2, -0.15) is 8.42 Å². The summed E-state index contributed by atoms with van der Waals surface area (Å²) in [6.45, 7) is 0. The van der Waals surface area contributed by atoms with E-state index in [1.807, 2.05) is 0 Å². The van der Waals surface area contributed by atoms with Gasteiger partial charge in [-0.25, -0.2) is 13.4 Å². The molecule has 2 aromatic carbocycles. The summed E-state index contributed by atoms with van der Waals surface area (Å²) in [5.41, 5.74) is 12.0. The summed E-state index contributed by atoms with van der Waals surface area (Å²) in [5, 5.41) is 4.49. The molecule has 0 radical (unpaired) electrons. The average Bonchev–Trinajstić information content (AvgIpc) is 3.14. The molecule has 0 spiro atoms. The fourth-order valence-electron chi connectivity index (χ4n) is 2.16. The molecule has 0 atom stereocenters. The molecule has 0 aliphatic heterocycles. The minimum Gasteiger partial charge on any atom is -0.399 e. The zero-order valence-corrected chi connectivity index (χ0v) is 17.1. The maximum Gasteiger partial charge on any atom is 0.285 e. The first-order valence-corrected chi connectivity index (χ1v) is 11.7. The van der Waals surface area contributed by atoms with Crippen molar-refractivity contribution in [1.82, 2.24) is 4.98 Å². The molecule has 29 heavy (non-hydrogen) atoms. The predicted octanol–water partition coefficient (Wildman–Crippen LogP) is 1.64. The lowest BCUT2D eigenvalue weighted by Gasteiger charge is -2.08. The molecule has 152 valence electrons. The largest absolute Gasteiger partial charge is 0.399 e. The highest BCUT2D eigenvalue weighted by Crippen LogP contribution is 2.20. The van der Waals surface area contributed by atoms with Gasteiger partial charge in [0.05, 0.1) is 9.79 Å². The van der Waals surface area contributed by atoms with Crippen molar-refractivity contribution in [2.45, 2.75) is 9.79 Å². The molecule has 0 unspecified atom stereocenters. The summed E-state index contributed by atoms with van der Waals surface area (Å²) in [5.74, 6) is -0.377. The number of anilines is 3. The van der Waals surface area contributed by atoms with Crippen LogP contribution in [0.4, 0.5) is 16.5 Å². The average molecular weight is 453 g/mol. The van der Waals surface area contributed by atoms with Crippen LogP contribution in [0.15, 0.2) is 74.3 Å². The van der Waals surface area contributed by atoms with Crippen molar-refractivity contribution in [3.8, 4) is 0 Å². The van der Waals surface area contributed by atoms with E-state index in [4.69, 9.17) is 11.5 Å². The lowest BCUT2D eigenvalue weighted by Crippen LogP contribution is -2.24. The first-order valence-electron chi connectivity index (χ1n) is 7.91. The van der Waals surface area contributed by atoms with Crippen molar-refractivity contribution < 1.29 is 16.8 Å². The SMILES string of the molecule is N/C(=N\S(=O)(=O)c1ccc(N)cc1)Nc1ccc(S(=O)(=O)Nc2nccs2)cc1. The molecular formula is C16H16N6O4S3. The third-order valence-corrected chi connectivity index (χ3v) is 6.97. The molecule has 3 aromatic rings. The van der Waals surface area contributed by atoms with Crippen LogP contribution in [0.1, 0.15) is 0 Å². The monoisotopic (exact) mass is 452 g/mol. The Hall–Kier alpha value is -3.16. The zero-order valence-electron chi connectivity index (χ0n) is 14.7. The van der Waals surface area contributed by atoms with E-state index in [9.17, 15) is 16.8 Å². The molecule has 1 heterocycles. The Morgan fingerprint density at radius 1 is 0.966 bits per heavy atom. The van der Waals surface area contributed by atoms with E-state index in [0.717, 1.165) is 11.3 Å². The Labute approximate surface area is 171 Å². The zero-order chi connectivity index (χ0) is 21.1. The first kappa shape index (κ1) is 20.6. The van der Waals surface area contributed by atoms with Crippen molar-refractivity contribution in [1.29, 1.82) is 0 Å². The van der Waals surface area contributed by atoms with Gasteiger partial charge in [-0.1, -0.05) is 0 Å². The van der Waals surface area contributed by atoms with E-state index in [1.54, 1.807) is 5.38 Å². The molecule has 0 aliphatic carbocycles. The third kappa shape index (κ3) is 5.22. The van der Waals surface area contributed by atoms with E-state index < -0.39 is 20.0 Å². The quantitative estimate of drug-likeness (QED) is 0.248. The number of rotatable bonds is 6. The van der Waals surface area contributed by atoms with Crippen LogP contribution < -0.4 is 21.5 Å². The molecule has 0 saturated carbocycles. The van der Waals surface area contributed by atoms with Gasteiger partial charge < -0.3 is 16.8 Å². The second kappa shape index (κ2) is 8.06. The second-order valence-corrected chi connectivity index (χ2v) is 9.79. The molecule has 13 heteroatoms. The number of thiazole rings is 1. The van der Waals surface area contributed by atoms with Gasteiger partial charge >= 0.3 is 0 Å². The van der Waals surface area contributed by atoms with Gasteiger partial charge in [0.15, 0.2) is 5.13 Å². The number of sulfonamides is 2. The van der Waals surface area contributed by atoms with E-state index in [2.05, 4.69) is 19.4 Å².